The Hall–Kier alpha value is -1.20. The Morgan fingerprint density at radius 2 is 2.27 bits per heavy atom. The molecular weight excluding hydrogens is 236 g/mol. The number of halogens is 1. The summed E-state index contributed by atoms with van der Waals surface area (Å²) in [5, 5.41) is 2.54. The van der Waals surface area contributed by atoms with Crippen molar-refractivity contribution in [3.63, 3.8) is 0 Å². The second-order valence-corrected chi connectivity index (χ2v) is 4.10. The first-order chi connectivity index (χ1) is 7.13. The molecule has 0 radical (unpaired) electrons. The van der Waals surface area contributed by atoms with Crippen LogP contribution in [0.4, 0.5) is 0 Å². The van der Waals surface area contributed by atoms with Gasteiger partial charge in [0.1, 0.15) is 15.8 Å². The van der Waals surface area contributed by atoms with Gasteiger partial charge in [-0.15, -0.1) is 11.3 Å². The zero-order valence-corrected chi connectivity index (χ0v) is 9.65. The molecule has 0 N–H and O–H groups in total. The number of fused-ring (bicyclic) bond motifs is 1. The van der Waals surface area contributed by atoms with Gasteiger partial charge in [0.05, 0.1) is 18.1 Å². The summed E-state index contributed by atoms with van der Waals surface area (Å²) >= 11 is 7.31. The van der Waals surface area contributed by atoms with Gasteiger partial charge in [0.2, 0.25) is 0 Å². The van der Waals surface area contributed by atoms with Crippen LogP contribution in [0.1, 0.15) is 16.2 Å². The molecule has 2 heterocycles. The average Bonchev–Trinajstić information content (AvgIpc) is 2.60. The topological polar surface area (TPSA) is 52.1 Å². The number of ether oxygens (including phenoxy) is 1. The summed E-state index contributed by atoms with van der Waals surface area (Å²) in [5.41, 5.74) is 0.419. The first-order valence-corrected chi connectivity index (χ1v) is 5.39. The van der Waals surface area contributed by atoms with Crippen molar-refractivity contribution in [2.45, 2.75) is 6.92 Å². The summed E-state index contributed by atoms with van der Waals surface area (Å²) in [4.78, 5) is 20.3. The summed E-state index contributed by atoms with van der Waals surface area (Å²) in [6.45, 7) is 1.75. The fraction of sp³-hybridized carbons (Fsp3) is 0.222. The fourth-order valence-corrected chi connectivity index (χ4v) is 2.58. The van der Waals surface area contributed by atoms with Crippen molar-refractivity contribution in [3.05, 3.63) is 21.9 Å². The molecule has 0 atom stereocenters. The summed E-state index contributed by atoms with van der Waals surface area (Å²) < 4.78 is 4.64. The van der Waals surface area contributed by atoms with Crippen molar-refractivity contribution >= 4 is 39.1 Å². The number of hydrogen-bond donors (Lipinski definition) is 0. The van der Waals surface area contributed by atoms with E-state index in [9.17, 15) is 4.79 Å². The summed E-state index contributed by atoms with van der Waals surface area (Å²) in [6.07, 6.45) is 0. The molecule has 2 aromatic rings. The first-order valence-electron chi connectivity index (χ1n) is 4.13. The second kappa shape index (κ2) is 3.75. The van der Waals surface area contributed by atoms with Crippen molar-refractivity contribution in [1.82, 2.24) is 9.97 Å². The molecule has 2 rings (SSSR count). The van der Waals surface area contributed by atoms with Crippen molar-refractivity contribution < 1.29 is 9.53 Å². The van der Waals surface area contributed by atoms with Crippen molar-refractivity contribution in [3.8, 4) is 0 Å². The minimum atomic E-state index is -0.421. The zero-order chi connectivity index (χ0) is 11.0. The Labute approximate surface area is 94.9 Å². The molecule has 0 aliphatic rings. The maximum atomic E-state index is 11.4. The van der Waals surface area contributed by atoms with Gasteiger partial charge in [-0.25, -0.2) is 14.8 Å². The number of aryl methyl sites for hydroxylation is 1. The van der Waals surface area contributed by atoms with E-state index < -0.39 is 5.97 Å². The molecule has 0 amide bonds. The maximum absolute atomic E-state index is 11.4. The molecule has 78 valence electrons. The largest absolute Gasteiger partial charge is 0.465 e. The van der Waals surface area contributed by atoms with E-state index in [2.05, 4.69) is 14.7 Å². The van der Waals surface area contributed by atoms with Gasteiger partial charge in [0, 0.05) is 5.38 Å². The van der Waals surface area contributed by atoms with Crippen LogP contribution in [-0.4, -0.2) is 23.0 Å². The van der Waals surface area contributed by atoms with E-state index in [0.29, 0.717) is 26.8 Å². The number of nitrogens with zero attached hydrogens (tertiary/aromatic N) is 2. The molecule has 4 nitrogen and oxygen atoms in total. The summed E-state index contributed by atoms with van der Waals surface area (Å²) in [7, 11) is 1.33. The number of rotatable bonds is 1. The molecule has 0 fully saturated rings. The highest BCUT2D eigenvalue weighted by Crippen LogP contribution is 2.29. The van der Waals surface area contributed by atoms with E-state index in [4.69, 9.17) is 11.6 Å². The van der Waals surface area contributed by atoms with E-state index >= 15 is 0 Å². The smallest absolute Gasteiger partial charge is 0.339 e. The Kier molecular flexibility index (Phi) is 2.58. The Bertz CT molecular complexity index is 538. The highest BCUT2D eigenvalue weighted by molar-refractivity contribution is 7.17. The standard InChI is InChI=1S/C9H7ClN2O2S/c1-4-11-7(10)6-5(9(13)14-2)3-15-8(6)12-4/h3H,1-2H3. The van der Waals surface area contributed by atoms with E-state index in [1.807, 2.05) is 0 Å². The average molecular weight is 243 g/mol. The van der Waals surface area contributed by atoms with Crippen LogP contribution < -0.4 is 0 Å². The summed E-state index contributed by atoms with van der Waals surface area (Å²) in [6, 6.07) is 0. The SMILES string of the molecule is COC(=O)c1csc2nc(C)nc(Cl)c12. The predicted octanol–water partition coefficient (Wildman–Crippen LogP) is 2.44. The molecule has 6 heteroatoms. The van der Waals surface area contributed by atoms with E-state index in [-0.39, 0.29) is 0 Å². The van der Waals surface area contributed by atoms with Gasteiger partial charge in [-0.2, -0.15) is 0 Å². The third kappa shape index (κ3) is 1.68. The highest BCUT2D eigenvalue weighted by Gasteiger charge is 2.17. The normalized spacial score (nSPS) is 10.6. The van der Waals surface area contributed by atoms with Crippen LogP contribution in [0.25, 0.3) is 10.2 Å². The lowest BCUT2D eigenvalue weighted by atomic mass is 10.2. The van der Waals surface area contributed by atoms with Gasteiger partial charge in [-0.3, -0.25) is 0 Å². The van der Waals surface area contributed by atoms with Crippen molar-refractivity contribution in [2.75, 3.05) is 7.11 Å². The molecular formula is C9H7ClN2O2S. The maximum Gasteiger partial charge on any atom is 0.339 e. The van der Waals surface area contributed by atoms with Crippen LogP contribution in [0.3, 0.4) is 0 Å². The van der Waals surface area contributed by atoms with Crippen molar-refractivity contribution in [1.29, 1.82) is 0 Å². The van der Waals surface area contributed by atoms with Gasteiger partial charge in [0.25, 0.3) is 0 Å². The van der Waals surface area contributed by atoms with Gasteiger partial charge in [-0.1, -0.05) is 11.6 Å². The molecule has 0 aliphatic heterocycles. The molecule has 0 unspecified atom stereocenters. The molecule has 0 aliphatic carbocycles. The molecule has 15 heavy (non-hydrogen) atoms. The predicted molar refractivity (Wildman–Crippen MR) is 58.5 cm³/mol. The summed E-state index contributed by atoms with van der Waals surface area (Å²) in [5.74, 6) is 0.168. The number of thiophene rings is 1. The van der Waals surface area contributed by atoms with Gasteiger partial charge in [-0.05, 0) is 6.92 Å². The number of carbonyl (C=O) groups is 1. The van der Waals surface area contributed by atoms with Crippen LogP contribution in [0, 0.1) is 6.92 Å². The highest BCUT2D eigenvalue weighted by atomic mass is 35.5. The minimum absolute atomic E-state index is 0.291. The van der Waals surface area contributed by atoms with Gasteiger partial charge < -0.3 is 4.74 Å². The van der Waals surface area contributed by atoms with Crippen LogP contribution >= 0.6 is 22.9 Å². The van der Waals surface area contributed by atoms with Gasteiger partial charge in [0.15, 0.2) is 0 Å². The number of hydrogen-bond acceptors (Lipinski definition) is 5. The minimum Gasteiger partial charge on any atom is -0.465 e. The zero-order valence-electron chi connectivity index (χ0n) is 8.07. The van der Waals surface area contributed by atoms with E-state index in [1.54, 1.807) is 12.3 Å². The molecule has 0 spiro atoms. The Balaban J connectivity index is 2.74. The monoisotopic (exact) mass is 242 g/mol. The molecule has 2 aromatic heterocycles. The number of esters is 1. The number of methoxy groups -OCH3 is 1. The van der Waals surface area contributed by atoms with Gasteiger partial charge >= 0.3 is 5.97 Å². The van der Waals surface area contributed by atoms with E-state index in [0.717, 1.165) is 0 Å². The fourth-order valence-electron chi connectivity index (χ4n) is 1.26. The lowest BCUT2D eigenvalue weighted by Crippen LogP contribution is -2.00. The van der Waals surface area contributed by atoms with E-state index in [1.165, 1.54) is 18.4 Å². The molecule has 0 saturated heterocycles. The number of aromatic nitrogens is 2. The molecule has 0 saturated carbocycles. The molecule has 0 aromatic carbocycles. The first kappa shape index (κ1) is 10.3. The third-order valence-electron chi connectivity index (χ3n) is 1.91. The Morgan fingerprint density at radius 3 is 2.93 bits per heavy atom. The Morgan fingerprint density at radius 1 is 1.53 bits per heavy atom. The number of carbonyl (C=O) groups excluding carboxylic acids is 1. The molecule has 0 bridgehead atoms. The van der Waals surface area contributed by atoms with Crippen molar-refractivity contribution in [2.24, 2.45) is 0 Å². The lowest BCUT2D eigenvalue weighted by Gasteiger charge is -1.99. The lowest BCUT2D eigenvalue weighted by molar-refractivity contribution is 0.0603. The second-order valence-electron chi connectivity index (χ2n) is 2.88. The quantitative estimate of drug-likeness (QED) is 0.569. The van der Waals surface area contributed by atoms with Crippen LogP contribution in [-0.2, 0) is 4.74 Å². The van der Waals surface area contributed by atoms with Crippen LogP contribution in [0.15, 0.2) is 5.38 Å². The third-order valence-corrected chi connectivity index (χ3v) is 3.05. The van der Waals surface area contributed by atoms with Crippen LogP contribution in [0.2, 0.25) is 5.15 Å². The van der Waals surface area contributed by atoms with Crippen LogP contribution in [0.5, 0.6) is 0 Å².